The number of aromatic hydroxyl groups is 1. The van der Waals surface area contributed by atoms with E-state index in [9.17, 15) is 19.8 Å². The van der Waals surface area contributed by atoms with Crippen LogP contribution >= 0.6 is 0 Å². The van der Waals surface area contributed by atoms with E-state index in [1.54, 1.807) is 37.3 Å². The number of phenolic OH excluding ortho intramolecular Hbond substituents is 1. The molecule has 0 amide bonds. The van der Waals surface area contributed by atoms with E-state index in [0.717, 1.165) is 0 Å². The summed E-state index contributed by atoms with van der Waals surface area (Å²) in [7, 11) is 0. The number of ether oxygens (including phenoxy) is 1. The Hall–Kier alpha value is -3.88. The Morgan fingerprint density at radius 1 is 1.18 bits per heavy atom. The van der Waals surface area contributed by atoms with Crippen LogP contribution in [0.2, 0.25) is 0 Å². The van der Waals surface area contributed by atoms with Crippen LogP contribution in [0.4, 0.5) is 5.69 Å². The largest absolute Gasteiger partial charge is 0.507 e. The molecule has 5 N–H and O–H groups in total. The molecular formula is C27H20N2O5. The van der Waals surface area contributed by atoms with Gasteiger partial charge in [-0.05, 0) is 42.8 Å². The SMILES string of the molecule is C[C@@H](O)[C@@]12O[C@@]13CC#C/C=C\C#C[C@@H]2Nc1c3cc(O)c2c1C(=O)c1ccc(CN)cc1C2=O. The normalized spacial score (nSPS) is 28.9. The third-order valence-electron chi connectivity index (χ3n) is 7.19. The van der Waals surface area contributed by atoms with Gasteiger partial charge < -0.3 is 26.0 Å². The van der Waals surface area contributed by atoms with E-state index in [1.807, 2.05) is 0 Å². The highest BCUT2D eigenvalue weighted by Crippen LogP contribution is 2.67. The maximum absolute atomic E-state index is 13.7. The number of anilines is 1. The van der Waals surface area contributed by atoms with Gasteiger partial charge in [-0.3, -0.25) is 9.59 Å². The highest BCUT2D eigenvalue weighted by Gasteiger charge is 2.79. The van der Waals surface area contributed by atoms with Crippen molar-refractivity contribution >= 4 is 17.3 Å². The minimum Gasteiger partial charge on any atom is -0.507 e. The zero-order chi connectivity index (χ0) is 23.8. The van der Waals surface area contributed by atoms with Crippen LogP contribution in [0.25, 0.3) is 0 Å². The van der Waals surface area contributed by atoms with Crippen LogP contribution in [0.1, 0.15) is 56.3 Å². The van der Waals surface area contributed by atoms with Crippen LogP contribution in [-0.4, -0.2) is 39.5 Å². The molecule has 34 heavy (non-hydrogen) atoms. The summed E-state index contributed by atoms with van der Waals surface area (Å²) in [5.41, 5.74) is 5.53. The highest BCUT2D eigenvalue weighted by atomic mass is 16.6. The first-order chi connectivity index (χ1) is 16.4. The number of phenols is 1. The number of epoxide rings is 1. The Bertz CT molecular complexity index is 1480. The van der Waals surface area contributed by atoms with Gasteiger partial charge in [0.1, 0.15) is 17.4 Å². The monoisotopic (exact) mass is 452 g/mol. The van der Waals surface area contributed by atoms with Crippen molar-refractivity contribution in [2.45, 2.75) is 43.2 Å². The van der Waals surface area contributed by atoms with Crippen LogP contribution in [0.5, 0.6) is 5.75 Å². The van der Waals surface area contributed by atoms with Crippen molar-refractivity contribution in [1.82, 2.24) is 0 Å². The predicted octanol–water partition coefficient (Wildman–Crippen LogP) is 1.73. The number of ketones is 2. The third-order valence-corrected chi connectivity index (χ3v) is 7.19. The molecule has 7 heteroatoms. The van der Waals surface area contributed by atoms with Crippen molar-refractivity contribution in [3.05, 3.63) is 69.8 Å². The maximum atomic E-state index is 13.7. The van der Waals surface area contributed by atoms with E-state index in [-0.39, 0.29) is 41.0 Å². The molecular weight excluding hydrogens is 432 g/mol. The highest BCUT2D eigenvalue weighted by molar-refractivity contribution is 6.31. The Labute approximate surface area is 195 Å². The number of fused-ring (bicyclic) bond motifs is 4. The molecule has 6 rings (SSSR count). The average Bonchev–Trinajstić information content (AvgIpc) is 3.54. The summed E-state index contributed by atoms with van der Waals surface area (Å²) in [6.07, 6.45) is 2.54. The predicted molar refractivity (Wildman–Crippen MR) is 123 cm³/mol. The molecule has 2 aliphatic heterocycles. The number of benzene rings is 2. The zero-order valence-corrected chi connectivity index (χ0v) is 18.2. The fourth-order valence-corrected chi connectivity index (χ4v) is 5.57. The van der Waals surface area contributed by atoms with Gasteiger partial charge in [0.25, 0.3) is 0 Å². The third kappa shape index (κ3) is 2.39. The number of aliphatic hydroxyl groups excluding tert-OH is 1. The molecule has 2 heterocycles. The molecule has 0 aromatic heterocycles. The molecule has 2 aliphatic carbocycles. The van der Waals surface area contributed by atoms with Crippen LogP contribution in [0.15, 0.2) is 36.4 Å². The molecule has 2 bridgehead atoms. The lowest BCUT2D eigenvalue weighted by Crippen LogP contribution is -2.52. The van der Waals surface area contributed by atoms with Gasteiger partial charge in [-0.1, -0.05) is 29.7 Å². The number of hydrogen-bond donors (Lipinski definition) is 4. The topological polar surface area (TPSA) is 125 Å². The minimum atomic E-state index is -1.12. The molecule has 7 nitrogen and oxygen atoms in total. The first kappa shape index (κ1) is 20.7. The number of aliphatic hydroxyl groups is 1. The lowest BCUT2D eigenvalue weighted by Gasteiger charge is -2.36. The van der Waals surface area contributed by atoms with E-state index < -0.39 is 34.9 Å². The fourth-order valence-electron chi connectivity index (χ4n) is 5.57. The molecule has 4 aliphatic rings. The second kappa shape index (κ2) is 6.82. The van der Waals surface area contributed by atoms with Crippen LogP contribution in [0.3, 0.4) is 0 Å². The summed E-state index contributed by atoms with van der Waals surface area (Å²) in [6.45, 7) is 1.84. The van der Waals surface area contributed by atoms with Crippen molar-refractivity contribution < 1.29 is 24.5 Å². The van der Waals surface area contributed by atoms with Gasteiger partial charge in [0.2, 0.25) is 0 Å². The lowest BCUT2D eigenvalue weighted by molar-refractivity contribution is 0.0868. The van der Waals surface area contributed by atoms with Crippen molar-refractivity contribution in [3.8, 4) is 29.4 Å². The smallest absolute Gasteiger partial charge is 0.198 e. The maximum Gasteiger partial charge on any atom is 0.198 e. The summed E-state index contributed by atoms with van der Waals surface area (Å²) < 4.78 is 6.28. The fraction of sp³-hybridized carbons (Fsp3) is 0.259. The summed E-state index contributed by atoms with van der Waals surface area (Å²) in [6, 6.07) is 5.67. The molecule has 0 spiro atoms. The molecule has 1 saturated heterocycles. The molecule has 1 fully saturated rings. The molecule has 0 saturated carbocycles. The van der Waals surface area contributed by atoms with Crippen LogP contribution < -0.4 is 11.1 Å². The Kier molecular flexibility index (Phi) is 4.15. The Morgan fingerprint density at radius 2 is 1.94 bits per heavy atom. The number of carbonyl (C=O) groups is 2. The molecule has 168 valence electrons. The second-order valence-corrected chi connectivity index (χ2v) is 8.91. The van der Waals surface area contributed by atoms with Crippen molar-refractivity contribution in [2.24, 2.45) is 5.73 Å². The summed E-state index contributed by atoms with van der Waals surface area (Å²) >= 11 is 0. The number of nitrogens with two attached hydrogens (primary N) is 1. The molecule has 0 unspecified atom stereocenters. The van der Waals surface area contributed by atoms with E-state index in [4.69, 9.17) is 10.5 Å². The standard InChI is InChI=1S/C27H20N2O5/c1-14(30)27-20-7-5-3-2-4-6-10-26(27,34-27)18-12-19(31)21-22(23(18)29-20)24(32)16-9-8-15(13-28)11-17(16)25(21)33/h2-3,8-9,11-12,14,20,29-31H,10,13,28H2,1H3/b3-2-/t14-,20+,26-,27+/m1/s1. The van der Waals surface area contributed by atoms with Crippen LogP contribution in [0, 0.1) is 23.7 Å². The number of nitrogens with one attached hydrogen (secondary N) is 1. The first-order valence-electron chi connectivity index (χ1n) is 11.0. The Balaban J connectivity index is 1.63. The molecule has 0 radical (unpaired) electrons. The van der Waals surface area contributed by atoms with Gasteiger partial charge in [-0.2, -0.15) is 0 Å². The zero-order valence-electron chi connectivity index (χ0n) is 18.2. The number of allylic oxidation sites excluding steroid dienone is 2. The van der Waals surface area contributed by atoms with Crippen molar-refractivity contribution in [1.29, 1.82) is 0 Å². The van der Waals surface area contributed by atoms with Gasteiger partial charge >= 0.3 is 0 Å². The lowest BCUT2D eigenvalue weighted by atomic mass is 9.70. The van der Waals surface area contributed by atoms with Crippen molar-refractivity contribution in [3.63, 3.8) is 0 Å². The molecule has 2 aromatic rings. The van der Waals surface area contributed by atoms with E-state index in [1.165, 1.54) is 6.07 Å². The van der Waals surface area contributed by atoms with Gasteiger partial charge in [-0.25, -0.2) is 0 Å². The van der Waals surface area contributed by atoms with E-state index in [2.05, 4.69) is 29.0 Å². The van der Waals surface area contributed by atoms with Gasteiger partial charge in [0, 0.05) is 29.7 Å². The van der Waals surface area contributed by atoms with Gasteiger partial charge in [0.15, 0.2) is 17.2 Å². The Morgan fingerprint density at radius 3 is 2.71 bits per heavy atom. The van der Waals surface area contributed by atoms with E-state index >= 15 is 0 Å². The summed E-state index contributed by atoms with van der Waals surface area (Å²) in [4.78, 5) is 27.2. The number of hydrogen-bond acceptors (Lipinski definition) is 7. The second-order valence-electron chi connectivity index (χ2n) is 8.91. The van der Waals surface area contributed by atoms with E-state index in [0.29, 0.717) is 16.8 Å². The number of rotatable bonds is 2. The summed E-state index contributed by atoms with van der Waals surface area (Å²) in [5.74, 6) is 10.8. The molecule has 2 aromatic carbocycles. The summed E-state index contributed by atoms with van der Waals surface area (Å²) in [5, 5.41) is 25.1. The van der Waals surface area contributed by atoms with Gasteiger partial charge in [0.05, 0.1) is 22.9 Å². The van der Waals surface area contributed by atoms with Crippen LogP contribution in [-0.2, 0) is 16.9 Å². The van der Waals surface area contributed by atoms with Gasteiger partial charge in [-0.15, -0.1) is 0 Å². The quantitative estimate of drug-likeness (QED) is 0.265. The minimum absolute atomic E-state index is 0.0666. The molecule has 4 atom stereocenters. The first-order valence-corrected chi connectivity index (χ1v) is 11.0. The average molecular weight is 452 g/mol. The van der Waals surface area contributed by atoms with Crippen molar-refractivity contribution in [2.75, 3.05) is 5.32 Å². The number of carbonyl (C=O) groups excluding carboxylic acids is 2.